The van der Waals surface area contributed by atoms with Crippen LogP contribution in [0.3, 0.4) is 0 Å². The lowest BCUT2D eigenvalue weighted by atomic mass is 9.76. The summed E-state index contributed by atoms with van der Waals surface area (Å²) in [4.78, 5) is 191. The van der Waals surface area contributed by atoms with E-state index in [2.05, 4.69) is 21.3 Å². The van der Waals surface area contributed by atoms with Crippen molar-refractivity contribution >= 4 is 70.9 Å². The van der Waals surface area contributed by atoms with Crippen molar-refractivity contribution in [1.82, 2.24) is 60.5 Å². The molecule has 1 spiro atoms. The molecule has 4 N–H and O–H groups in total. The molecule has 12 amide bonds. The first-order valence-corrected chi connectivity index (χ1v) is 39.3. The highest BCUT2D eigenvalue weighted by molar-refractivity contribution is 6.01. The fraction of sp³-hybridized carbons (Fsp3) is 0.840. The van der Waals surface area contributed by atoms with E-state index in [1.54, 1.807) is 13.8 Å². The summed E-state index contributed by atoms with van der Waals surface area (Å²) >= 11 is 0. The molecule has 0 radical (unpaired) electrons. The normalized spacial score (nSPS) is 32.0. The van der Waals surface area contributed by atoms with Gasteiger partial charge in [-0.25, -0.2) is 8.78 Å². The highest BCUT2D eigenvalue weighted by Crippen LogP contribution is 2.46. The van der Waals surface area contributed by atoms with Gasteiger partial charge in [0.15, 0.2) is 0 Å². The number of rotatable bonds is 11. The van der Waals surface area contributed by atoms with Crippen LogP contribution >= 0.6 is 0 Å². The van der Waals surface area contributed by atoms with E-state index in [9.17, 15) is 45.5 Å². The summed E-state index contributed by atoms with van der Waals surface area (Å²) in [6.45, 7) is 5.96. The topological polar surface area (TPSA) is 288 Å². The molecule has 108 heavy (non-hydrogen) atoms. The van der Waals surface area contributed by atoms with Crippen molar-refractivity contribution in [3.05, 3.63) is 0 Å². The van der Waals surface area contributed by atoms with E-state index in [0.29, 0.717) is 64.2 Å². The third-order valence-electron chi connectivity index (χ3n) is 24.6. The fourth-order valence-corrected chi connectivity index (χ4v) is 17.9. The Balaban J connectivity index is 1.18. The lowest BCUT2D eigenvalue weighted by Crippen LogP contribution is -2.65. The number of hydrogen-bond donors (Lipinski definition) is 4. The number of carbonyl (C=O) groups excluding carboxylic acids is 12. The van der Waals surface area contributed by atoms with Gasteiger partial charge in [0.25, 0.3) is 0 Å². The molecule has 8 rings (SSSR count). The Labute approximate surface area is 628 Å². The minimum absolute atomic E-state index is 0.0167. The van der Waals surface area contributed by atoms with Crippen molar-refractivity contribution in [2.75, 3.05) is 87.7 Å². The van der Waals surface area contributed by atoms with Crippen LogP contribution in [0.15, 0.2) is 0 Å². The molecule has 25 nitrogen and oxygen atoms in total. The Morgan fingerprint density at radius 3 is 1.80 bits per heavy atom. The summed E-state index contributed by atoms with van der Waals surface area (Å²) in [6.07, 6.45) is -13.1. The van der Waals surface area contributed by atoms with Crippen LogP contribution in [0.2, 0.25) is 0 Å². The molecular weight excluding hydrogens is 1430 g/mol. The Hall–Kier alpha value is -6.96. The zero-order valence-electron chi connectivity index (χ0n) is 64.3. The fourth-order valence-electron chi connectivity index (χ4n) is 17.9. The van der Waals surface area contributed by atoms with Gasteiger partial charge in [-0.1, -0.05) is 72.6 Å². The van der Waals surface area contributed by atoms with Crippen molar-refractivity contribution in [3.8, 4) is 0 Å². The summed E-state index contributed by atoms with van der Waals surface area (Å²) in [6, 6.07) is -11.0. The third-order valence-corrected chi connectivity index (χ3v) is 24.6. The minimum Gasteiger partial charge on any atom is -0.378 e. The molecule has 33 heteroatoms. The lowest BCUT2D eigenvalue weighted by Gasteiger charge is -2.42. The monoisotopic (exact) mass is 1540 g/mol. The maximum absolute atomic E-state index is 15.7. The molecule has 8 fully saturated rings. The first-order valence-electron chi connectivity index (χ1n) is 39.3. The van der Waals surface area contributed by atoms with Crippen LogP contribution in [0.1, 0.15) is 195 Å². The zero-order chi connectivity index (χ0) is 79.4. The van der Waals surface area contributed by atoms with Crippen LogP contribution in [0.5, 0.6) is 0 Å². The second kappa shape index (κ2) is 37.8. The summed E-state index contributed by atoms with van der Waals surface area (Å²) in [5, 5.41) is 11.1. The highest BCUT2D eigenvalue weighted by atomic mass is 19.4. The van der Waals surface area contributed by atoms with Crippen molar-refractivity contribution in [1.29, 1.82) is 0 Å². The largest absolute Gasteiger partial charge is 0.397 e. The Kier molecular flexibility index (Phi) is 30.4. The van der Waals surface area contributed by atoms with Crippen molar-refractivity contribution in [2.24, 2.45) is 41.4 Å². The molecule has 4 saturated heterocycles. The van der Waals surface area contributed by atoms with Gasteiger partial charge in [0, 0.05) is 61.4 Å². The van der Waals surface area contributed by atoms with Gasteiger partial charge in [0.05, 0.1) is 38.6 Å². The molecule has 4 saturated carbocycles. The second-order valence-corrected chi connectivity index (χ2v) is 32.5. The molecule has 8 aliphatic rings. The summed E-state index contributed by atoms with van der Waals surface area (Å²) in [5.74, 6) is -16.6. The molecule has 4 aliphatic heterocycles. The van der Waals surface area contributed by atoms with Crippen LogP contribution in [-0.2, 0) is 62.3 Å². The number of amides is 12. The van der Waals surface area contributed by atoms with E-state index in [4.69, 9.17) is 4.74 Å². The number of nitrogens with zero attached hydrogens (tertiary/aromatic N) is 8. The number of fused-ring (bicyclic) bond motifs is 3. The van der Waals surface area contributed by atoms with Crippen molar-refractivity contribution in [2.45, 2.75) is 273 Å². The smallest absolute Gasteiger partial charge is 0.378 e. The van der Waals surface area contributed by atoms with Crippen LogP contribution in [0.4, 0.5) is 35.1 Å². The molecule has 0 aromatic heterocycles. The summed E-state index contributed by atoms with van der Waals surface area (Å²) < 4.78 is 121. The first-order chi connectivity index (χ1) is 50.9. The molecule has 11 atom stereocenters. The molecule has 610 valence electrons. The number of halogens is 8. The van der Waals surface area contributed by atoms with E-state index >= 15 is 47.1 Å². The molecular formula is C75H116F8N12O13. The number of morpholine rings is 1. The minimum atomic E-state index is -5.20. The quantitative estimate of drug-likeness (QED) is 0.164. The van der Waals surface area contributed by atoms with Crippen LogP contribution in [0, 0.1) is 41.4 Å². The van der Waals surface area contributed by atoms with Gasteiger partial charge in [-0.05, 0) is 145 Å². The summed E-state index contributed by atoms with van der Waals surface area (Å²) in [7, 11) is 6.79. The van der Waals surface area contributed by atoms with Crippen molar-refractivity contribution < 1.29 is 97.4 Å². The maximum Gasteiger partial charge on any atom is 0.397 e. The van der Waals surface area contributed by atoms with Gasteiger partial charge < -0.3 is 65.2 Å². The van der Waals surface area contributed by atoms with E-state index in [-0.39, 0.29) is 122 Å². The molecule has 0 aromatic rings. The SMILES string of the molecule is CC[C@H](C)[C@@H]1NC(=O)[C@H](CC(C)C)N(C)C(=O)C[C@@H](C(=O)N2CCOCC2)N(C)C(=O)[C@H](C2CCCC2)N(C)C(=O)C2(CCCC2)NC(=O)[C@@H]2CCCN2C(=O)[C@H](CCC2CC(F)C(C(F)(F)F)C(F)C2)NC(=O)CN(C)C(=O)[C@H](CC2CCC(C(F)(F)F)CC2)N2CCCCC[C@@H](C2=O)N(C)C(=O)CNC1=O. The van der Waals surface area contributed by atoms with Gasteiger partial charge in [0.1, 0.15) is 72.1 Å². The van der Waals surface area contributed by atoms with Crippen LogP contribution in [-0.4, -0.2) is 276 Å². The average molecular weight is 1550 g/mol. The highest BCUT2D eigenvalue weighted by Gasteiger charge is 2.56. The average Bonchev–Trinajstić information content (AvgIpc) is 1.51. The zero-order valence-corrected chi connectivity index (χ0v) is 64.3. The predicted molar refractivity (Wildman–Crippen MR) is 379 cm³/mol. The van der Waals surface area contributed by atoms with Gasteiger partial charge >= 0.3 is 12.4 Å². The van der Waals surface area contributed by atoms with Gasteiger partial charge in [-0.15, -0.1) is 0 Å². The maximum atomic E-state index is 15.7. The van der Waals surface area contributed by atoms with Gasteiger partial charge in [-0.3, -0.25) is 57.5 Å². The van der Waals surface area contributed by atoms with Crippen LogP contribution < -0.4 is 21.3 Å². The van der Waals surface area contributed by atoms with Gasteiger partial charge in [0.2, 0.25) is 70.9 Å². The van der Waals surface area contributed by atoms with E-state index in [1.165, 1.54) is 64.6 Å². The van der Waals surface area contributed by atoms with E-state index in [0.717, 1.165) is 9.80 Å². The number of carbonyl (C=O) groups is 12. The number of ether oxygens (including phenoxy) is 1. The predicted octanol–water partition coefficient (Wildman–Crippen LogP) is 6.38. The van der Waals surface area contributed by atoms with E-state index in [1.807, 2.05) is 13.8 Å². The van der Waals surface area contributed by atoms with Crippen molar-refractivity contribution in [3.63, 3.8) is 0 Å². The standard InChI is InChI=1S/C75H116F8N12O13/c1-10-45(4)62-66(101)84-42-60(98)89(6)54-21-12-11-17-31-95(70(54)105)57(40-46-23-26-49(27-24-46)74(78,79)80)68(103)88(5)43-58(96)85-52(28-25-47-38-50(76)61(51(77)39-47)75(81,82)83)67(102)94-32-18-22-53(94)65(100)87-73(29-15-16-30-73)72(107)92(9)63(48-19-13-14-20-48)71(106)91(8)56(69(104)93-33-35-108-36-34-93)41-59(97)90(7)55(37-44(2)3)64(99)86-62/h44-57,61-63H,10-43H2,1-9H3,(H,84,101)(H,85,96)(H,86,99)(H,87,100)/t45-,46?,47?,49?,50?,51?,52-,53-,54-,55-,56-,57-,61?,62-,63-/m0/s1. The Morgan fingerprint density at radius 2 is 1.19 bits per heavy atom. The Bertz CT molecular complexity index is 3170. The molecule has 4 heterocycles. The number of nitrogens with one attached hydrogen (secondary N) is 4. The van der Waals surface area contributed by atoms with E-state index < -0.39 is 224 Å². The lowest BCUT2D eigenvalue weighted by molar-refractivity contribution is -0.219. The number of alkyl halides is 8. The Morgan fingerprint density at radius 1 is 0.583 bits per heavy atom. The molecule has 2 unspecified atom stereocenters. The first kappa shape index (κ1) is 86.6. The molecule has 0 aromatic carbocycles. The molecule has 4 aliphatic carbocycles. The number of likely N-dealkylation sites (N-methyl/N-ethyl adjacent to an activating group) is 5. The number of hydrogen-bond acceptors (Lipinski definition) is 13. The van der Waals surface area contributed by atoms with Crippen LogP contribution in [0.25, 0.3) is 0 Å². The summed E-state index contributed by atoms with van der Waals surface area (Å²) in [5.41, 5.74) is -1.67. The van der Waals surface area contributed by atoms with Gasteiger partial charge in [-0.2, -0.15) is 26.3 Å². The second-order valence-electron chi connectivity index (χ2n) is 32.5. The third kappa shape index (κ3) is 21.2. The molecule has 2 bridgehead atoms.